The zero-order valence-corrected chi connectivity index (χ0v) is 23.6. The number of halogens is 1. The minimum atomic E-state index is -3.30. The molecular weight excluding hydrogens is 553 g/mol. The molecule has 0 N–H and O–H groups in total. The predicted molar refractivity (Wildman–Crippen MR) is 155 cm³/mol. The van der Waals surface area contributed by atoms with Crippen molar-refractivity contribution in [3.8, 4) is 0 Å². The van der Waals surface area contributed by atoms with Crippen LogP contribution in [0.25, 0.3) is 0 Å². The van der Waals surface area contributed by atoms with Crippen molar-refractivity contribution in [3.63, 3.8) is 0 Å². The van der Waals surface area contributed by atoms with Gasteiger partial charge in [-0.15, -0.1) is 0 Å². The standard InChI is InChI=1S/C31H31BrGeN2/c32-24-14-13-23-31(34-35-25-30(35)26-15-5-1-6-16-26)33(27-17-7-2-8-18-27,28-19-9-3-10-20-28)29-21-11-4-12-22-29/h1-12,15-22,30H,13-14,23-25H2/b34-31-. The van der Waals surface area contributed by atoms with Gasteiger partial charge in [0.1, 0.15) is 0 Å². The van der Waals surface area contributed by atoms with Crippen LogP contribution in [0.2, 0.25) is 0 Å². The van der Waals surface area contributed by atoms with E-state index in [1.807, 2.05) is 0 Å². The number of alkyl halides is 1. The number of rotatable bonds is 10. The number of hydrogen-bond acceptors (Lipinski definition) is 2. The Bertz CT molecular complexity index is 1130. The van der Waals surface area contributed by atoms with Crippen LogP contribution in [0.3, 0.4) is 0 Å². The van der Waals surface area contributed by atoms with E-state index in [0.717, 1.165) is 31.1 Å². The van der Waals surface area contributed by atoms with Crippen molar-refractivity contribution in [2.24, 2.45) is 5.10 Å². The molecule has 0 aliphatic carbocycles. The average molecular weight is 584 g/mol. The molecule has 1 atom stereocenters. The van der Waals surface area contributed by atoms with Gasteiger partial charge >= 0.3 is 221 Å². The number of unbranched alkanes of at least 4 members (excludes halogenated alkanes) is 1. The molecule has 4 aromatic carbocycles. The molecule has 1 heterocycles. The van der Waals surface area contributed by atoms with Crippen LogP contribution in [0.1, 0.15) is 30.9 Å². The van der Waals surface area contributed by atoms with E-state index in [1.54, 1.807) is 0 Å². The maximum absolute atomic E-state index is 5.54. The monoisotopic (exact) mass is 584 g/mol. The van der Waals surface area contributed by atoms with Crippen LogP contribution in [-0.4, -0.2) is 34.7 Å². The summed E-state index contributed by atoms with van der Waals surface area (Å²) in [4.78, 5) is 0. The van der Waals surface area contributed by atoms with Crippen molar-refractivity contribution in [1.29, 1.82) is 0 Å². The van der Waals surface area contributed by atoms with Gasteiger partial charge in [-0.2, -0.15) is 0 Å². The Morgan fingerprint density at radius 1 is 0.686 bits per heavy atom. The first-order valence-corrected chi connectivity index (χ1v) is 17.8. The van der Waals surface area contributed by atoms with Crippen LogP contribution < -0.4 is 13.2 Å². The van der Waals surface area contributed by atoms with E-state index in [1.165, 1.54) is 23.3 Å². The molecule has 0 saturated carbocycles. The summed E-state index contributed by atoms with van der Waals surface area (Å²) < 4.78 is 5.73. The van der Waals surface area contributed by atoms with Crippen molar-refractivity contribution < 1.29 is 0 Å². The SMILES string of the molecule is BrCCCC/[C](=N/N1CC1c1ccccc1)[Ge]([c]1ccccc1)([c]1ccccc1)[c]1ccccc1. The molecule has 5 rings (SSSR count). The molecule has 1 aliphatic heterocycles. The molecule has 0 radical (unpaired) electrons. The zero-order valence-electron chi connectivity index (χ0n) is 19.9. The second-order valence-electron chi connectivity index (χ2n) is 9.09. The first-order valence-electron chi connectivity index (χ1n) is 12.5. The Morgan fingerprint density at radius 3 is 1.60 bits per heavy atom. The molecule has 1 aliphatic rings. The average Bonchev–Trinajstić information content (AvgIpc) is 3.71. The third kappa shape index (κ3) is 5.17. The van der Waals surface area contributed by atoms with Gasteiger partial charge in [0.05, 0.1) is 0 Å². The van der Waals surface area contributed by atoms with Gasteiger partial charge < -0.3 is 0 Å². The van der Waals surface area contributed by atoms with Crippen molar-refractivity contribution in [2.45, 2.75) is 25.3 Å². The van der Waals surface area contributed by atoms with Crippen LogP contribution >= 0.6 is 15.9 Å². The van der Waals surface area contributed by atoms with Gasteiger partial charge in [-0.25, -0.2) is 0 Å². The summed E-state index contributed by atoms with van der Waals surface area (Å²) in [5.74, 6) is 0. The zero-order chi connectivity index (χ0) is 23.9. The Kier molecular flexibility index (Phi) is 7.85. The van der Waals surface area contributed by atoms with Crippen molar-refractivity contribution in [3.05, 3.63) is 127 Å². The summed E-state index contributed by atoms with van der Waals surface area (Å²) in [5, 5.41) is 8.88. The Hall–Kier alpha value is -2.63. The van der Waals surface area contributed by atoms with Crippen LogP contribution in [0, 0.1) is 0 Å². The second kappa shape index (κ2) is 11.4. The van der Waals surface area contributed by atoms with Crippen LogP contribution in [-0.2, 0) is 0 Å². The van der Waals surface area contributed by atoms with E-state index in [-0.39, 0.29) is 0 Å². The molecule has 0 spiro atoms. The molecule has 4 heteroatoms. The molecule has 2 nitrogen and oxygen atoms in total. The summed E-state index contributed by atoms with van der Waals surface area (Å²) in [5.41, 5.74) is 1.35. The first-order chi connectivity index (χ1) is 17.3. The van der Waals surface area contributed by atoms with Crippen molar-refractivity contribution >= 4 is 46.9 Å². The van der Waals surface area contributed by atoms with Gasteiger partial charge in [-0.3, -0.25) is 0 Å². The summed E-state index contributed by atoms with van der Waals surface area (Å²) in [6.07, 6.45) is 3.30. The van der Waals surface area contributed by atoms with Crippen molar-refractivity contribution in [1.82, 2.24) is 5.01 Å². The quantitative estimate of drug-likeness (QED) is 0.0772. The third-order valence-corrected chi connectivity index (χ3v) is 17.5. The van der Waals surface area contributed by atoms with E-state index in [9.17, 15) is 0 Å². The molecule has 0 bridgehead atoms. The van der Waals surface area contributed by atoms with E-state index in [2.05, 4.69) is 142 Å². The topological polar surface area (TPSA) is 15.4 Å². The van der Waals surface area contributed by atoms with E-state index < -0.39 is 13.3 Å². The summed E-state index contributed by atoms with van der Waals surface area (Å²) >= 11 is 0.353. The fraction of sp³-hybridized carbons (Fsp3) is 0.194. The van der Waals surface area contributed by atoms with Gasteiger partial charge in [0.2, 0.25) is 0 Å². The molecule has 35 heavy (non-hydrogen) atoms. The molecule has 0 amide bonds. The minimum absolute atomic E-state index is 0.379. The molecule has 1 unspecified atom stereocenters. The Morgan fingerprint density at radius 2 is 1.14 bits per heavy atom. The molecule has 1 fully saturated rings. The summed E-state index contributed by atoms with van der Waals surface area (Å²) in [7, 11) is 0. The third-order valence-electron chi connectivity index (χ3n) is 6.87. The number of nitrogens with zero attached hydrogens (tertiary/aromatic N) is 2. The fourth-order valence-corrected chi connectivity index (χ4v) is 15.8. The summed E-state index contributed by atoms with van der Waals surface area (Å²) in [6.45, 7) is 0.989. The van der Waals surface area contributed by atoms with E-state index in [0.29, 0.717) is 6.04 Å². The van der Waals surface area contributed by atoms with E-state index >= 15 is 0 Å². The Balaban J connectivity index is 1.70. The fourth-order valence-electron chi connectivity index (χ4n) is 5.11. The number of hydrogen-bond donors (Lipinski definition) is 0. The molecular formula is C31H31BrGeN2. The molecule has 176 valence electrons. The van der Waals surface area contributed by atoms with Crippen molar-refractivity contribution in [2.75, 3.05) is 11.9 Å². The number of hydrazone groups is 1. The molecule has 0 aromatic heterocycles. The van der Waals surface area contributed by atoms with Gasteiger partial charge in [0, 0.05) is 0 Å². The normalized spacial score (nSPS) is 15.7. The van der Waals surface area contributed by atoms with Gasteiger partial charge in [0.15, 0.2) is 0 Å². The van der Waals surface area contributed by atoms with Crippen LogP contribution in [0.4, 0.5) is 0 Å². The molecule has 4 aromatic rings. The Labute approximate surface area is 220 Å². The van der Waals surface area contributed by atoms with Crippen LogP contribution in [0.15, 0.2) is 126 Å². The van der Waals surface area contributed by atoms with Gasteiger partial charge in [0.25, 0.3) is 0 Å². The first kappa shape index (κ1) is 24.1. The molecule has 1 saturated heterocycles. The number of benzene rings is 4. The second-order valence-corrected chi connectivity index (χ2v) is 17.9. The summed E-state index contributed by atoms with van der Waals surface area (Å²) in [6, 6.07) is 44.8. The maximum atomic E-state index is 5.54. The van der Waals surface area contributed by atoms with Crippen LogP contribution in [0.5, 0.6) is 0 Å². The van der Waals surface area contributed by atoms with Gasteiger partial charge in [-0.05, 0) is 0 Å². The van der Waals surface area contributed by atoms with Gasteiger partial charge in [-0.1, -0.05) is 0 Å². The van der Waals surface area contributed by atoms with E-state index in [4.69, 9.17) is 5.10 Å². The predicted octanol–water partition coefficient (Wildman–Crippen LogP) is 5.67.